The van der Waals surface area contributed by atoms with E-state index in [1.54, 1.807) is 25.3 Å². The summed E-state index contributed by atoms with van der Waals surface area (Å²) in [4.78, 5) is 25.6. The molecule has 0 bridgehead atoms. The summed E-state index contributed by atoms with van der Waals surface area (Å²) < 4.78 is 4.87. The minimum absolute atomic E-state index is 0.133. The number of carbonyl (C=O) groups excluding carboxylic acids is 2. The number of hydrogen-bond donors (Lipinski definition) is 1. The summed E-state index contributed by atoms with van der Waals surface area (Å²) in [7, 11) is 1.56. The summed E-state index contributed by atoms with van der Waals surface area (Å²) in [6, 6.07) is 5.10. The molecule has 0 aliphatic carbocycles. The maximum absolute atomic E-state index is 12.1. The Morgan fingerprint density at radius 3 is 2.95 bits per heavy atom. The lowest BCUT2D eigenvalue weighted by atomic mass is 10.1. The van der Waals surface area contributed by atoms with Gasteiger partial charge in [0.05, 0.1) is 28.3 Å². The van der Waals surface area contributed by atoms with Crippen molar-refractivity contribution in [1.82, 2.24) is 5.32 Å². The molecule has 0 aromatic heterocycles. The largest absolute Gasteiger partial charge is 0.383 e. The lowest BCUT2D eigenvalue weighted by molar-refractivity contribution is -0.126. The van der Waals surface area contributed by atoms with Crippen LogP contribution in [-0.4, -0.2) is 38.6 Å². The number of anilines is 1. The van der Waals surface area contributed by atoms with Crippen LogP contribution in [-0.2, 0) is 14.3 Å². The first-order valence-corrected chi connectivity index (χ1v) is 7.31. The molecule has 114 valence electrons. The van der Waals surface area contributed by atoms with Crippen LogP contribution >= 0.6 is 23.2 Å². The van der Waals surface area contributed by atoms with Crippen molar-refractivity contribution >= 4 is 40.7 Å². The summed E-state index contributed by atoms with van der Waals surface area (Å²) in [6.07, 6.45) is 0.168. The van der Waals surface area contributed by atoms with Gasteiger partial charge in [0, 0.05) is 26.6 Å². The van der Waals surface area contributed by atoms with Gasteiger partial charge in [0.2, 0.25) is 11.8 Å². The molecular formula is C14H16Cl2N2O3. The molecule has 1 aliphatic heterocycles. The van der Waals surface area contributed by atoms with E-state index in [9.17, 15) is 9.59 Å². The van der Waals surface area contributed by atoms with Crippen LogP contribution in [0.5, 0.6) is 0 Å². The van der Waals surface area contributed by atoms with E-state index in [1.807, 2.05) is 0 Å². The van der Waals surface area contributed by atoms with E-state index in [4.69, 9.17) is 27.9 Å². The molecule has 0 spiro atoms. The normalized spacial score (nSPS) is 18.1. The van der Waals surface area contributed by atoms with Crippen molar-refractivity contribution in [2.75, 3.05) is 31.7 Å². The van der Waals surface area contributed by atoms with Gasteiger partial charge in [0.1, 0.15) is 0 Å². The third-order valence-corrected chi connectivity index (χ3v) is 4.13. The zero-order chi connectivity index (χ0) is 15.4. The first-order valence-electron chi connectivity index (χ1n) is 6.55. The Hall–Kier alpha value is -1.30. The first-order chi connectivity index (χ1) is 10.0. The molecule has 1 heterocycles. The molecule has 1 aromatic rings. The number of nitrogens with one attached hydrogen (secondary N) is 1. The lowest BCUT2D eigenvalue weighted by Gasteiger charge is -2.18. The molecule has 1 saturated heterocycles. The summed E-state index contributed by atoms with van der Waals surface area (Å²) in [5.74, 6) is -0.670. The van der Waals surface area contributed by atoms with Gasteiger partial charge in [-0.3, -0.25) is 9.59 Å². The number of rotatable bonds is 5. The second kappa shape index (κ2) is 7.11. The van der Waals surface area contributed by atoms with Gasteiger partial charge in [0.15, 0.2) is 0 Å². The van der Waals surface area contributed by atoms with Crippen molar-refractivity contribution in [1.29, 1.82) is 0 Å². The van der Waals surface area contributed by atoms with E-state index >= 15 is 0 Å². The monoisotopic (exact) mass is 330 g/mol. The number of halogens is 2. The Morgan fingerprint density at radius 2 is 2.24 bits per heavy atom. The fourth-order valence-corrected chi connectivity index (χ4v) is 2.64. The Labute approximate surface area is 133 Å². The van der Waals surface area contributed by atoms with Gasteiger partial charge < -0.3 is 15.0 Å². The van der Waals surface area contributed by atoms with E-state index in [-0.39, 0.29) is 24.2 Å². The average molecular weight is 331 g/mol. The van der Waals surface area contributed by atoms with Gasteiger partial charge in [0.25, 0.3) is 0 Å². The smallest absolute Gasteiger partial charge is 0.227 e. The van der Waals surface area contributed by atoms with Crippen LogP contribution in [0.15, 0.2) is 18.2 Å². The van der Waals surface area contributed by atoms with Crippen molar-refractivity contribution in [3.63, 3.8) is 0 Å². The molecule has 7 heteroatoms. The number of amides is 2. The fraction of sp³-hybridized carbons (Fsp3) is 0.429. The van der Waals surface area contributed by atoms with Crippen molar-refractivity contribution in [3.8, 4) is 0 Å². The van der Waals surface area contributed by atoms with Crippen LogP contribution in [0.3, 0.4) is 0 Å². The summed E-state index contributed by atoms with van der Waals surface area (Å²) in [5.41, 5.74) is 0.543. The number of benzene rings is 1. The highest BCUT2D eigenvalue weighted by atomic mass is 35.5. The number of ether oxygens (including phenoxy) is 1. The van der Waals surface area contributed by atoms with E-state index in [1.165, 1.54) is 4.90 Å². The molecule has 1 atom stereocenters. The second-order valence-electron chi connectivity index (χ2n) is 4.76. The minimum Gasteiger partial charge on any atom is -0.383 e. The van der Waals surface area contributed by atoms with Gasteiger partial charge in [-0.25, -0.2) is 0 Å². The Morgan fingerprint density at radius 1 is 1.48 bits per heavy atom. The third kappa shape index (κ3) is 3.67. The molecule has 21 heavy (non-hydrogen) atoms. The average Bonchev–Trinajstić information content (AvgIpc) is 2.84. The Bertz CT molecular complexity index is 551. The van der Waals surface area contributed by atoms with Gasteiger partial charge in [-0.15, -0.1) is 0 Å². The molecule has 0 radical (unpaired) electrons. The van der Waals surface area contributed by atoms with Crippen LogP contribution in [0, 0.1) is 5.92 Å². The molecule has 0 saturated carbocycles. The summed E-state index contributed by atoms with van der Waals surface area (Å²) in [6.45, 7) is 1.17. The van der Waals surface area contributed by atoms with Crippen molar-refractivity contribution < 1.29 is 14.3 Å². The van der Waals surface area contributed by atoms with Crippen molar-refractivity contribution in [2.24, 2.45) is 5.92 Å². The highest BCUT2D eigenvalue weighted by molar-refractivity contribution is 6.44. The SMILES string of the molecule is COCCNC(=O)C1CC(=O)N(c2cccc(Cl)c2Cl)C1. The molecule has 2 rings (SSSR count). The fourth-order valence-electron chi connectivity index (χ4n) is 2.24. The molecule has 2 amide bonds. The topological polar surface area (TPSA) is 58.6 Å². The van der Waals surface area contributed by atoms with E-state index in [0.29, 0.717) is 35.4 Å². The zero-order valence-corrected chi connectivity index (χ0v) is 13.1. The van der Waals surface area contributed by atoms with Crippen molar-refractivity contribution in [3.05, 3.63) is 28.2 Å². The highest BCUT2D eigenvalue weighted by Crippen LogP contribution is 2.35. The van der Waals surface area contributed by atoms with E-state index < -0.39 is 0 Å². The molecule has 1 aromatic carbocycles. The summed E-state index contributed by atoms with van der Waals surface area (Å²) >= 11 is 12.1. The minimum atomic E-state index is -0.385. The molecule has 1 unspecified atom stereocenters. The van der Waals surface area contributed by atoms with Crippen LogP contribution in [0.4, 0.5) is 5.69 Å². The van der Waals surface area contributed by atoms with Gasteiger partial charge in [-0.2, -0.15) is 0 Å². The first kappa shape index (κ1) is 16.1. The van der Waals surface area contributed by atoms with Gasteiger partial charge in [-0.05, 0) is 12.1 Å². The number of carbonyl (C=O) groups is 2. The maximum atomic E-state index is 12.1. The quantitative estimate of drug-likeness (QED) is 0.841. The predicted molar refractivity (Wildman–Crippen MR) is 81.8 cm³/mol. The molecule has 5 nitrogen and oxygen atoms in total. The molecule has 1 fully saturated rings. The standard InChI is InChI=1S/C14H16Cl2N2O3/c1-21-6-5-17-14(20)9-7-12(19)18(8-9)11-4-2-3-10(15)13(11)16/h2-4,9H,5-8H2,1H3,(H,17,20). The van der Waals surface area contributed by atoms with Gasteiger partial charge >= 0.3 is 0 Å². The summed E-state index contributed by atoms with van der Waals surface area (Å²) in [5, 5.41) is 3.45. The number of hydrogen-bond acceptors (Lipinski definition) is 3. The lowest BCUT2D eigenvalue weighted by Crippen LogP contribution is -2.34. The van der Waals surface area contributed by atoms with Crippen LogP contribution in [0.25, 0.3) is 0 Å². The number of methoxy groups -OCH3 is 1. The Balaban J connectivity index is 2.06. The maximum Gasteiger partial charge on any atom is 0.227 e. The predicted octanol–water partition coefficient (Wildman–Crippen LogP) is 2.11. The van der Waals surface area contributed by atoms with Gasteiger partial charge in [-0.1, -0.05) is 29.3 Å². The molecule has 1 N–H and O–H groups in total. The van der Waals surface area contributed by atoms with Crippen LogP contribution in [0.2, 0.25) is 10.0 Å². The second-order valence-corrected chi connectivity index (χ2v) is 5.55. The molecule has 1 aliphatic rings. The van der Waals surface area contributed by atoms with Crippen molar-refractivity contribution in [2.45, 2.75) is 6.42 Å². The van der Waals surface area contributed by atoms with E-state index in [0.717, 1.165) is 0 Å². The zero-order valence-electron chi connectivity index (χ0n) is 11.6. The Kier molecular flexibility index (Phi) is 5.45. The molecular weight excluding hydrogens is 315 g/mol. The third-order valence-electron chi connectivity index (χ3n) is 3.32. The van der Waals surface area contributed by atoms with Crippen LogP contribution in [0.1, 0.15) is 6.42 Å². The van der Waals surface area contributed by atoms with E-state index in [2.05, 4.69) is 5.32 Å². The number of nitrogens with zero attached hydrogens (tertiary/aromatic N) is 1. The van der Waals surface area contributed by atoms with Crippen LogP contribution < -0.4 is 10.2 Å². The highest BCUT2D eigenvalue weighted by Gasteiger charge is 2.35.